The summed E-state index contributed by atoms with van der Waals surface area (Å²) in [5.74, 6) is 0. The van der Waals surface area contributed by atoms with Crippen LogP contribution < -0.4 is 21.3 Å². The first-order valence-electron chi connectivity index (χ1n) is 5.64. The quantitative estimate of drug-likeness (QED) is 0.678. The van der Waals surface area contributed by atoms with Gasteiger partial charge in [0, 0.05) is 32.9 Å². The molecule has 2 N–H and O–H groups in total. The summed E-state index contributed by atoms with van der Waals surface area (Å²) in [6, 6.07) is -0.0776. The molecule has 0 aliphatic carbocycles. The van der Waals surface area contributed by atoms with Gasteiger partial charge in [-0.1, -0.05) is 0 Å². The fraction of sp³-hybridized carbons (Fsp3) is 0.600. The van der Waals surface area contributed by atoms with E-state index in [4.69, 9.17) is 0 Å². The Balaban J connectivity index is 0.00000361. The van der Waals surface area contributed by atoms with E-state index in [1.165, 1.54) is 14.1 Å². The highest BCUT2D eigenvalue weighted by atomic mass is 35.5. The molecule has 1 heterocycles. The van der Waals surface area contributed by atoms with Crippen molar-refractivity contribution in [2.45, 2.75) is 17.9 Å². The number of likely N-dealkylation sites (N-methyl/N-ethyl adjacent to an activating group) is 1. The highest BCUT2D eigenvalue weighted by Gasteiger charge is 2.21. The third-order valence-electron chi connectivity index (χ3n) is 2.78. The largest absolute Gasteiger partial charge is 0.330 e. The molecule has 0 aliphatic rings. The van der Waals surface area contributed by atoms with Crippen molar-refractivity contribution >= 4 is 22.4 Å². The molecule has 1 aromatic heterocycles. The first kappa shape index (κ1) is 18.8. The van der Waals surface area contributed by atoms with E-state index in [9.17, 15) is 18.0 Å². The second kappa shape index (κ2) is 7.02. The van der Waals surface area contributed by atoms with E-state index in [0.29, 0.717) is 0 Å². The van der Waals surface area contributed by atoms with Crippen LogP contribution in [0.1, 0.15) is 6.92 Å². The molecule has 0 fully saturated rings. The van der Waals surface area contributed by atoms with Crippen molar-refractivity contribution in [1.29, 1.82) is 0 Å². The number of nitrogens with zero attached hydrogens (tertiary/aromatic N) is 2. The molecule has 20 heavy (non-hydrogen) atoms. The van der Waals surface area contributed by atoms with Gasteiger partial charge in [-0.2, -0.15) is 0 Å². The topological polar surface area (TPSA) is 102 Å². The van der Waals surface area contributed by atoms with Gasteiger partial charge in [0.2, 0.25) is 10.0 Å². The molecule has 1 atom stereocenters. The second-order valence-electron chi connectivity index (χ2n) is 4.29. The Morgan fingerprint density at radius 1 is 1.30 bits per heavy atom. The van der Waals surface area contributed by atoms with Crippen LogP contribution in [0.3, 0.4) is 0 Å². The third kappa shape index (κ3) is 3.92. The number of hydrogen-bond acceptors (Lipinski definition) is 5. The normalized spacial score (nSPS) is 12.8. The van der Waals surface area contributed by atoms with Crippen molar-refractivity contribution < 1.29 is 8.42 Å². The maximum absolute atomic E-state index is 12.0. The summed E-state index contributed by atoms with van der Waals surface area (Å²) in [5.41, 5.74) is -1.42. The van der Waals surface area contributed by atoms with Gasteiger partial charge in [0.05, 0.1) is 0 Å². The zero-order chi connectivity index (χ0) is 14.8. The minimum absolute atomic E-state index is 0. The number of nitrogens with one attached hydrogen (secondary N) is 2. The van der Waals surface area contributed by atoms with Gasteiger partial charge in [0.15, 0.2) is 4.90 Å². The first-order chi connectivity index (χ1) is 8.70. The van der Waals surface area contributed by atoms with Gasteiger partial charge >= 0.3 is 5.69 Å². The van der Waals surface area contributed by atoms with Gasteiger partial charge < -0.3 is 9.88 Å². The van der Waals surface area contributed by atoms with Crippen molar-refractivity contribution in [1.82, 2.24) is 19.2 Å². The van der Waals surface area contributed by atoms with Gasteiger partial charge in [0.1, 0.15) is 0 Å². The lowest BCUT2D eigenvalue weighted by atomic mass is 10.4. The Morgan fingerprint density at radius 2 is 1.85 bits per heavy atom. The van der Waals surface area contributed by atoms with E-state index in [1.807, 2.05) is 0 Å². The minimum Gasteiger partial charge on any atom is -0.316 e. The van der Waals surface area contributed by atoms with E-state index in [-0.39, 0.29) is 25.0 Å². The fourth-order valence-corrected chi connectivity index (χ4v) is 2.66. The lowest BCUT2D eigenvalue weighted by Gasteiger charge is -2.12. The summed E-state index contributed by atoms with van der Waals surface area (Å²) in [7, 11) is 0.380. The van der Waals surface area contributed by atoms with Crippen LogP contribution in [0.5, 0.6) is 0 Å². The van der Waals surface area contributed by atoms with Gasteiger partial charge in [-0.15, -0.1) is 12.4 Å². The van der Waals surface area contributed by atoms with Crippen molar-refractivity contribution in [3.8, 4) is 0 Å². The van der Waals surface area contributed by atoms with Crippen molar-refractivity contribution in [2.24, 2.45) is 14.1 Å². The average molecular weight is 327 g/mol. The van der Waals surface area contributed by atoms with Crippen LogP contribution in [0.2, 0.25) is 0 Å². The maximum Gasteiger partial charge on any atom is 0.330 e. The number of rotatable bonds is 5. The molecule has 0 amide bonds. The average Bonchev–Trinajstić information content (AvgIpc) is 2.37. The second-order valence-corrected chi connectivity index (χ2v) is 6.03. The SMILES string of the molecule is CNC(C)CNS(=O)(=O)c1cn(C)c(=O)n(C)c1=O.Cl. The molecule has 1 aromatic rings. The summed E-state index contributed by atoms with van der Waals surface area (Å²) < 4.78 is 28.2. The zero-order valence-corrected chi connectivity index (χ0v) is 13.3. The molecule has 1 unspecified atom stereocenters. The van der Waals surface area contributed by atoms with Crippen LogP contribution in [0.15, 0.2) is 20.7 Å². The van der Waals surface area contributed by atoms with Crippen molar-refractivity contribution in [3.63, 3.8) is 0 Å². The molecule has 0 saturated heterocycles. The molecule has 8 nitrogen and oxygen atoms in total. The Hall–Kier alpha value is -1.16. The summed E-state index contributed by atoms with van der Waals surface area (Å²) in [6.07, 6.45) is 1.02. The standard InChI is InChI=1S/C10H18N4O4S.ClH/c1-7(11-2)5-12-19(17,18)8-6-13(3)10(16)14(4)9(8)15;/h6-7,11-12H,5H2,1-4H3;1H. The molecule has 116 valence electrons. The minimum atomic E-state index is -3.94. The predicted octanol–water partition coefficient (Wildman–Crippen LogP) is -1.61. The first-order valence-corrected chi connectivity index (χ1v) is 7.12. The van der Waals surface area contributed by atoms with Gasteiger partial charge in [-0.25, -0.2) is 17.9 Å². The van der Waals surface area contributed by atoms with Crippen LogP contribution in [0, 0.1) is 0 Å². The molecule has 10 heteroatoms. The van der Waals surface area contributed by atoms with E-state index < -0.39 is 26.2 Å². The van der Waals surface area contributed by atoms with Crippen LogP contribution in [-0.4, -0.2) is 37.2 Å². The summed E-state index contributed by atoms with van der Waals surface area (Å²) in [4.78, 5) is 22.9. The van der Waals surface area contributed by atoms with E-state index >= 15 is 0 Å². The monoisotopic (exact) mass is 326 g/mol. The van der Waals surface area contributed by atoms with Crippen LogP contribution in [0.4, 0.5) is 0 Å². The molecular formula is C10H19ClN4O4S. The lowest BCUT2D eigenvalue weighted by molar-refractivity contribution is 0.548. The van der Waals surface area contributed by atoms with E-state index in [0.717, 1.165) is 15.3 Å². The summed E-state index contributed by atoms with van der Waals surface area (Å²) in [5, 5.41) is 2.87. The van der Waals surface area contributed by atoms with Gasteiger partial charge in [-0.05, 0) is 14.0 Å². The fourth-order valence-electron chi connectivity index (χ4n) is 1.37. The zero-order valence-electron chi connectivity index (χ0n) is 11.7. The summed E-state index contributed by atoms with van der Waals surface area (Å²) >= 11 is 0. The molecular weight excluding hydrogens is 308 g/mol. The number of sulfonamides is 1. The van der Waals surface area contributed by atoms with Crippen LogP contribution in [-0.2, 0) is 24.1 Å². The highest BCUT2D eigenvalue weighted by molar-refractivity contribution is 7.89. The molecule has 0 aliphatic heterocycles. The van der Waals surface area contributed by atoms with Crippen molar-refractivity contribution in [3.05, 3.63) is 27.0 Å². The van der Waals surface area contributed by atoms with Gasteiger partial charge in [-0.3, -0.25) is 9.36 Å². The molecule has 0 radical (unpaired) electrons. The molecule has 0 bridgehead atoms. The number of aryl methyl sites for hydroxylation is 1. The lowest BCUT2D eigenvalue weighted by Crippen LogP contribution is -2.43. The Kier molecular flexibility index (Phi) is 6.62. The summed E-state index contributed by atoms with van der Waals surface area (Å²) in [6.45, 7) is 1.94. The Morgan fingerprint density at radius 3 is 2.35 bits per heavy atom. The van der Waals surface area contributed by atoms with Crippen LogP contribution >= 0.6 is 12.4 Å². The Bertz CT molecular complexity index is 679. The molecule has 0 saturated carbocycles. The number of aromatic nitrogens is 2. The van der Waals surface area contributed by atoms with E-state index in [2.05, 4.69) is 10.0 Å². The van der Waals surface area contributed by atoms with Crippen LogP contribution in [0.25, 0.3) is 0 Å². The third-order valence-corrected chi connectivity index (χ3v) is 4.18. The number of halogens is 1. The highest BCUT2D eigenvalue weighted by Crippen LogP contribution is 1.99. The number of hydrogen-bond donors (Lipinski definition) is 2. The molecule has 0 spiro atoms. The maximum atomic E-state index is 12.0. The van der Waals surface area contributed by atoms with Gasteiger partial charge in [0.25, 0.3) is 5.56 Å². The Labute approximate surface area is 123 Å². The predicted molar refractivity (Wildman–Crippen MR) is 77.9 cm³/mol. The smallest absolute Gasteiger partial charge is 0.316 e. The van der Waals surface area contributed by atoms with E-state index in [1.54, 1.807) is 14.0 Å². The van der Waals surface area contributed by atoms with Crippen molar-refractivity contribution in [2.75, 3.05) is 13.6 Å². The molecule has 0 aromatic carbocycles. The molecule has 1 rings (SSSR count).